The number of nitrogens with zero attached hydrogens (tertiary/aromatic N) is 3. The molecule has 2 aromatic heterocycles. The highest BCUT2D eigenvalue weighted by Gasteiger charge is 2.20. The third-order valence-corrected chi connectivity index (χ3v) is 6.29. The van der Waals surface area contributed by atoms with Crippen LogP contribution in [0.15, 0.2) is 53.6 Å². The minimum atomic E-state index is -0.991. The molecule has 8 heteroatoms. The maximum Gasteiger partial charge on any atom is 0.273 e. The van der Waals surface area contributed by atoms with Crippen LogP contribution in [0.2, 0.25) is 5.15 Å². The van der Waals surface area contributed by atoms with E-state index < -0.39 is 5.60 Å². The standard InChI is InChI=1S/C26H28ClN3O4/c1-26(2,33)20-6-4-5-17(11-20)12-23(31)18-13-21(24(27)28-15-18)19-14-22(25(32)29(3)16-19)30-7-9-34-10-8-30/h4-6,11,13-16,33H,7-10,12H2,1-3H3. The molecule has 3 aromatic rings. The first-order valence-corrected chi connectivity index (χ1v) is 11.6. The maximum atomic E-state index is 13.1. The fourth-order valence-electron chi connectivity index (χ4n) is 4.02. The number of ether oxygens (including phenoxy) is 1. The SMILES string of the molecule is Cn1cc(-c2cc(C(=O)Cc3cccc(C(C)(C)O)c3)cnc2Cl)cc(N2CCOCC2)c1=O. The van der Waals surface area contributed by atoms with Gasteiger partial charge in [-0.15, -0.1) is 0 Å². The Morgan fingerprint density at radius 3 is 2.65 bits per heavy atom. The zero-order valence-electron chi connectivity index (χ0n) is 19.5. The average molecular weight is 482 g/mol. The third-order valence-electron chi connectivity index (χ3n) is 5.99. The number of ketones is 1. The van der Waals surface area contributed by atoms with Crippen molar-refractivity contribution in [2.75, 3.05) is 31.2 Å². The van der Waals surface area contributed by atoms with Gasteiger partial charge in [-0.3, -0.25) is 9.59 Å². The van der Waals surface area contributed by atoms with Gasteiger partial charge in [-0.25, -0.2) is 4.98 Å². The third kappa shape index (κ3) is 5.22. The van der Waals surface area contributed by atoms with Crippen LogP contribution in [0, 0.1) is 0 Å². The molecule has 0 atom stereocenters. The number of aromatic nitrogens is 2. The molecular formula is C26H28ClN3O4. The van der Waals surface area contributed by atoms with Crippen LogP contribution < -0.4 is 10.5 Å². The topological polar surface area (TPSA) is 84.7 Å². The van der Waals surface area contributed by atoms with Gasteiger partial charge in [0, 0.05) is 55.6 Å². The number of pyridine rings is 2. The van der Waals surface area contributed by atoms with Crippen molar-refractivity contribution >= 4 is 23.1 Å². The summed E-state index contributed by atoms with van der Waals surface area (Å²) in [5, 5.41) is 10.5. The van der Waals surface area contributed by atoms with Crippen molar-refractivity contribution in [2.24, 2.45) is 7.05 Å². The van der Waals surface area contributed by atoms with Crippen LogP contribution >= 0.6 is 11.6 Å². The van der Waals surface area contributed by atoms with Crippen LogP contribution in [0.3, 0.4) is 0 Å². The fourth-order valence-corrected chi connectivity index (χ4v) is 4.24. The second-order valence-corrected chi connectivity index (χ2v) is 9.41. The number of hydrogen-bond acceptors (Lipinski definition) is 6. The van der Waals surface area contributed by atoms with E-state index >= 15 is 0 Å². The Morgan fingerprint density at radius 1 is 1.21 bits per heavy atom. The quantitative estimate of drug-likeness (QED) is 0.428. The van der Waals surface area contributed by atoms with E-state index in [2.05, 4.69) is 4.98 Å². The van der Waals surface area contributed by atoms with E-state index in [0.29, 0.717) is 48.7 Å². The lowest BCUT2D eigenvalue weighted by Crippen LogP contribution is -2.40. The highest BCUT2D eigenvalue weighted by molar-refractivity contribution is 6.32. The van der Waals surface area contributed by atoms with E-state index in [0.717, 1.165) is 11.1 Å². The summed E-state index contributed by atoms with van der Waals surface area (Å²) in [6.07, 6.45) is 3.34. The lowest BCUT2D eigenvalue weighted by molar-refractivity contribution is 0.0784. The minimum Gasteiger partial charge on any atom is -0.386 e. The van der Waals surface area contributed by atoms with E-state index in [-0.39, 0.29) is 22.9 Å². The highest BCUT2D eigenvalue weighted by atomic mass is 35.5. The normalized spacial score (nSPS) is 14.3. The lowest BCUT2D eigenvalue weighted by atomic mass is 9.94. The van der Waals surface area contributed by atoms with Crippen molar-refractivity contribution in [1.82, 2.24) is 9.55 Å². The van der Waals surface area contributed by atoms with E-state index in [4.69, 9.17) is 16.3 Å². The van der Waals surface area contributed by atoms with Crippen LogP contribution in [0.5, 0.6) is 0 Å². The van der Waals surface area contributed by atoms with Gasteiger partial charge in [0.15, 0.2) is 5.78 Å². The predicted octanol–water partition coefficient (Wildman–Crippen LogP) is 3.59. The van der Waals surface area contributed by atoms with Crippen molar-refractivity contribution in [3.63, 3.8) is 0 Å². The van der Waals surface area contributed by atoms with Gasteiger partial charge >= 0.3 is 0 Å². The maximum absolute atomic E-state index is 13.1. The van der Waals surface area contributed by atoms with Gasteiger partial charge in [0.1, 0.15) is 10.8 Å². The van der Waals surface area contributed by atoms with Gasteiger partial charge in [0.25, 0.3) is 5.56 Å². The molecule has 1 fully saturated rings. The van der Waals surface area contributed by atoms with Gasteiger partial charge in [-0.05, 0) is 37.1 Å². The Balaban J connectivity index is 1.66. The number of hydrogen-bond donors (Lipinski definition) is 1. The minimum absolute atomic E-state index is 0.103. The molecule has 34 heavy (non-hydrogen) atoms. The van der Waals surface area contributed by atoms with Gasteiger partial charge in [-0.1, -0.05) is 35.9 Å². The van der Waals surface area contributed by atoms with Crippen LogP contribution in [-0.2, 0) is 23.8 Å². The zero-order chi connectivity index (χ0) is 24.5. The second-order valence-electron chi connectivity index (χ2n) is 9.05. The number of morpholine rings is 1. The Kier molecular flexibility index (Phi) is 6.89. The van der Waals surface area contributed by atoms with Gasteiger partial charge < -0.3 is 19.3 Å². The first kappa shape index (κ1) is 24.1. The molecule has 0 spiro atoms. The summed E-state index contributed by atoms with van der Waals surface area (Å²) < 4.78 is 6.93. The number of carbonyl (C=O) groups excluding carboxylic acids is 1. The fraction of sp³-hybridized carbons (Fsp3) is 0.346. The largest absolute Gasteiger partial charge is 0.386 e. The number of anilines is 1. The molecule has 4 rings (SSSR count). The van der Waals surface area contributed by atoms with Gasteiger partial charge in [0.2, 0.25) is 0 Å². The van der Waals surface area contributed by atoms with Crippen molar-refractivity contribution in [3.8, 4) is 11.1 Å². The van der Waals surface area contributed by atoms with Crippen LogP contribution in [0.1, 0.15) is 35.3 Å². The predicted molar refractivity (Wildman–Crippen MR) is 133 cm³/mol. The first-order chi connectivity index (χ1) is 16.1. The van der Waals surface area contributed by atoms with Gasteiger partial charge in [0.05, 0.1) is 18.8 Å². The highest BCUT2D eigenvalue weighted by Crippen LogP contribution is 2.29. The monoisotopic (exact) mass is 481 g/mol. The molecule has 3 heterocycles. The van der Waals surface area contributed by atoms with E-state index in [1.165, 1.54) is 10.8 Å². The number of halogens is 1. The second kappa shape index (κ2) is 9.70. The lowest BCUT2D eigenvalue weighted by Gasteiger charge is -2.28. The van der Waals surface area contributed by atoms with Gasteiger partial charge in [-0.2, -0.15) is 0 Å². The molecular weight excluding hydrogens is 454 g/mol. The van der Waals surface area contributed by atoms with Crippen LogP contribution in [0.4, 0.5) is 5.69 Å². The number of rotatable bonds is 6. The molecule has 0 unspecified atom stereocenters. The summed E-state index contributed by atoms with van der Waals surface area (Å²) in [6.45, 7) is 5.81. The molecule has 0 amide bonds. The molecule has 0 saturated carbocycles. The molecule has 1 aromatic carbocycles. The first-order valence-electron chi connectivity index (χ1n) is 11.2. The summed E-state index contributed by atoms with van der Waals surface area (Å²) in [4.78, 5) is 32.1. The molecule has 1 saturated heterocycles. The summed E-state index contributed by atoms with van der Waals surface area (Å²) in [7, 11) is 1.70. The molecule has 7 nitrogen and oxygen atoms in total. The molecule has 0 bridgehead atoms. The summed E-state index contributed by atoms with van der Waals surface area (Å²) in [5.74, 6) is -0.114. The van der Waals surface area contributed by atoms with E-state index in [1.54, 1.807) is 39.2 Å². The molecule has 1 aliphatic heterocycles. The number of Topliss-reactive ketones (excluding diaryl/α,β-unsaturated/α-hetero) is 1. The summed E-state index contributed by atoms with van der Waals surface area (Å²) in [5.41, 5.74) is 2.74. The molecule has 1 N–H and O–H groups in total. The number of benzene rings is 1. The summed E-state index contributed by atoms with van der Waals surface area (Å²) in [6, 6.07) is 10.9. The Hall–Kier alpha value is -3.00. The zero-order valence-corrected chi connectivity index (χ0v) is 20.3. The van der Waals surface area contributed by atoms with Crippen LogP contribution in [-0.4, -0.2) is 46.7 Å². The molecule has 1 aliphatic rings. The average Bonchev–Trinajstić information content (AvgIpc) is 2.81. The van der Waals surface area contributed by atoms with Crippen molar-refractivity contribution in [1.29, 1.82) is 0 Å². The Bertz CT molecular complexity index is 1270. The van der Waals surface area contributed by atoms with Crippen molar-refractivity contribution < 1.29 is 14.6 Å². The summed E-state index contributed by atoms with van der Waals surface area (Å²) >= 11 is 6.43. The van der Waals surface area contributed by atoms with E-state index in [9.17, 15) is 14.7 Å². The molecule has 0 aliphatic carbocycles. The van der Waals surface area contributed by atoms with Crippen LogP contribution in [0.25, 0.3) is 11.1 Å². The molecule has 0 radical (unpaired) electrons. The number of aryl methyl sites for hydroxylation is 1. The Labute approximate surface area is 203 Å². The smallest absolute Gasteiger partial charge is 0.273 e. The van der Waals surface area contributed by atoms with Crippen molar-refractivity contribution in [3.05, 3.63) is 81.0 Å². The van der Waals surface area contributed by atoms with Crippen molar-refractivity contribution in [2.45, 2.75) is 25.9 Å². The Morgan fingerprint density at radius 2 is 1.94 bits per heavy atom. The molecule has 178 valence electrons. The number of carbonyl (C=O) groups is 1. The van der Waals surface area contributed by atoms with E-state index in [1.807, 2.05) is 29.2 Å². The number of aliphatic hydroxyl groups is 1.